The summed E-state index contributed by atoms with van der Waals surface area (Å²) in [7, 11) is 0. The van der Waals surface area contributed by atoms with Gasteiger partial charge in [0.25, 0.3) is 0 Å². The van der Waals surface area contributed by atoms with Crippen LogP contribution in [0.15, 0.2) is 18.5 Å². The molecule has 1 saturated heterocycles. The van der Waals surface area contributed by atoms with E-state index in [-0.39, 0.29) is 5.54 Å². The topological polar surface area (TPSA) is 28.2 Å². The number of aromatic nitrogens is 1. The van der Waals surface area contributed by atoms with Crippen LogP contribution in [0, 0.1) is 6.92 Å². The fourth-order valence-electron chi connectivity index (χ4n) is 2.64. The quantitative estimate of drug-likeness (QED) is 0.890. The molecule has 100 valence electrons. The van der Waals surface area contributed by atoms with Crippen molar-refractivity contribution >= 4 is 5.69 Å². The molecule has 0 spiro atoms. The maximum absolute atomic E-state index is 4.34. The number of hydrogen-bond donors (Lipinski definition) is 1. The number of hydrogen-bond acceptors (Lipinski definition) is 3. The zero-order valence-electron chi connectivity index (χ0n) is 12.0. The number of rotatable bonds is 3. The van der Waals surface area contributed by atoms with Crippen molar-refractivity contribution in [1.82, 2.24) is 10.3 Å². The molecule has 18 heavy (non-hydrogen) atoms. The van der Waals surface area contributed by atoms with Crippen molar-refractivity contribution in [2.24, 2.45) is 0 Å². The minimum Gasteiger partial charge on any atom is -0.364 e. The van der Waals surface area contributed by atoms with E-state index in [0.29, 0.717) is 6.04 Å². The van der Waals surface area contributed by atoms with Gasteiger partial charge in [-0.2, -0.15) is 0 Å². The van der Waals surface area contributed by atoms with Gasteiger partial charge in [0.05, 0.1) is 11.9 Å². The molecular formula is C15H25N3. The van der Waals surface area contributed by atoms with Gasteiger partial charge in [0.15, 0.2) is 0 Å². The van der Waals surface area contributed by atoms with Gasteiger partial charge in [-0.25, -0.2) is 0 Å². The van der Waals surface area contributed by atoms with Crippen LogP contribution in [0.4, 0.5) is 5.69 Å². The van der Waals surface area contributed by atoms with Crippen LogP contribution >= 0.6 is 0 Å². The van der Waals surface area contributed by atoms with Crippen molar-refractivity contribution in [3.63, 3.8) is 0 Å². The monoisotopic (exact) mass is 247 g/mol. The zero-order chi connectivity index (χ0) is 13.2. The molecule has 0 saturated carbocycles. The van der Waals surface area contributed by atoms with Gasteiger partial charge < -0.3 is 10.2 Å². The summed E-state index contributed by atoms with van der Waals surface area (Å²) in [6.07, 6.45) is 6.24. The molecule has 0 bridgehead atoms. The normalized spacial score (nSPS) is 28.4. The third kappa shape index (κ3) is 2.66. The molecule has 0 amide bonds. The molecule has 1 N–H and O–H groups in total. The average Bonchev–Trinajstić information content (AvgIpc) is 2.39. The van der Waals surface area contributed by atoms with Gasteiger partial charge in [-0.15, -0.1) is 0 Å². The lowest BCUT2D eigenvalue weighted by Gasteiger charge is -2.47. The summed E-state index contributed by atoms with van der Waals surface area (Å²) in [5.41, 5.74) is 2.72. The van der Waals surface area contributed by atoms with Gasteiger partial charge in [0, 0.05) is 30.9 Å². The van der Waals surface area contributed by atoms with Gasteiger partial charge in [-0.05, 0) is 38.3 Å². The number of nitrogens with zero attached hydrogens (tertiary/aromatic N) is 2. The van der Waals surface area contributed by atoms with Crippen LogP contribution in [-0.2, 0) is 0 Å². The summed E-state index contributed by atoms with van der Waals surface area (Å²) in [5, 5.41) is 3.70. The lowest BCUT2D eigenvalue weighted by atomic mass is 9.92. The standard InChI is InChI=1S/C15H25N3/c1-5-13-10-17-15(4,6-2)11-18(13)14-7-12(3)8-16-9-14/h7-9,13,17H,5-6,10-11H2,1-4H3. The number of aryl methyl sites for hydroxylation is 1. The number of anilines is 1. The fraction of sp³-hybridized carbons (Fsp3) is 0.667. The lowest BCUT2D eigenvalue weighted by molar-refractivity contribution is 0.276. The minimum atomic E-state index is 0.218. The smallest absolute Gasteiger partial charge is 0.0558 e. The zero-order valence-corrected chi connectivity index (χ0v) is 12.0. The van der Waals surface area contributed by atoms with Crippen molar-refractivity contribution in [2.75, 3.05) is 18.0 Å². The summed E-state index contributed by atoms with van der Waals surface area (Å²) in [4.78, 5) is 6.87. The van der Waals surface area contributed by atoms with Crippen LogP contribution in [0.5, 0.6) is 0 Å². The van der Waals surface area contributed by atoms with E-state index in [9.17, 15) is 0 Å². The molecule has 1 aromatic heterocycles. The average molecular weight is 247 g/mol. The minimum absolute atomic E-state index is 0.218. The first-order valence-corrected chi connectivity index (χ1v) is 7.01. The molecule has 1 fully saturated rings. The van der Waals surface area contributed by atoms with Crippen molar-refractivity contribution in [1.29, 1.82) is 0 Å². The summed E-state index contributed by atoms with van der Waals surface area (Å²) < 4.78 is 0. The van der Waals surface area contributed by atoms with Gasteiger partial charge in [0.2, 0.25) is 0 Å². The number of nitrogens with one attached hydrogen (secondary N) is 1. The second kappa shape index (κ2) is 5.27. The first-order valence-electron chi connectivity index (χ1n) is 7.01. The highest BCUT2D eigenvalue weighted by molar-refractivity contribution is 5.48. The lowest BCUT2D eigenvalue weighted by Crippen LogP contribution is -2.62. The molecule has 1 aliphatic heterocycles. The number of piperazine rings is 1. The Bertz CT molecular complexity index is 404. The van der Waals surface area contributed by atoms with Crippen LogP contribution in [0.25, 0.3) is 0 Å². The second-order valence-electron chi connectivity index (χ2n) is 5.71. The summed E-state index contributed by atoms with van der Waals surface area (Å²) in [6, 6.07) is 2.82. The molecule has 2 heterocycles. The summed E-state index contributed by atoms with van der Waals surface area (Å²) in [5.74, 6) is 0. The van der Waals surface area contributed by atoms with Crippen LogP contribution < -0.4 is 10.2 Å². The van der Waals surface area contributed by atoms with Crippen LogP contribution in [-0.4, -0.2) is 29.7 Å². The molecule has 3 nitrogen and oxygen atoms in total. The SMILES string of the molecule is CCC1CNC(C)(CC)CN1c1cncc(C)c1. The maximum atomic E-state index is 4.34. The molecule has 0 aromatic carbocycles. The Balaban J connectivity index is 2.26. The Hall–Kier alpha value is -1.09. The molecule has 0 radical (unpaired) electrons. The maximum Gasteiger partial charge on any atom is 0.0558 e. The first-order chi connectivity index (χ1) is 8.58. The van der Waals surface area contributed by atoms with Crippen molar-refractivity contribution in [3.05, 3.63) is 24.0 Å². The Kier molecular flexibility index (Phi) is 3.91. The molecular weight excluding hydrogens is 222 g/mol. The third-order valence-corrected chi connectivity index (χ3v) is 4.17. The predicted molar refractivity (Wildman–Crippen MR) is 77.1 cm³/mol. The van der Waals surface area contributed by atoms with Gasteiger partial charge in [-0.3, -0.25) is 4.98 Å². The van der Waals surface area contributed by atoms with E-state index in [1.807, 2.05) is 12.4 Å². The number of pyridine rings is 1. The molecule has 0 aliphatic carbocycles. The predicted octanol–water partition coefficient (Wildman–Crippen LogP) is 2.75. The van der Waals surface area contributed by atoms with Gasteiger partial charge >= 0.3 is 0 Å². The molecule has 2 rings (SSSR count). The van der Waals surface area contributed by atoms with E-state index in [1.165, 1.54) is 17.7 Å². The Morgan fingerprint density at radius 3 is 2.83 bits per heavy atom. The van der Waals surface area contributed by atoms with E-state index in [4.69, 9.17) is 0 Å². The molecule has 1 aromatic rings. The van der Waals surface area contributed by atoms with Crippen LogP contribution in [0.2, 0.25) is 0 Å². The highest BCUT2D eigenvalue weighted by Crippen LogP contribution is 2.26. The second-order valence-corrected chi connectivity index (χ2v) is 5.71. The van der Waals surface area contributed by atoms with Gasteiger partial charge in [-0.1, -0.05) is 13.8 Å². The Morgan fingerprint density at radius 1 is 1.44 bits per heavy atom. The van der Waals surface area contributed by atoms with Crippen molar-refractivity contribution < 1.29 is 0 Å². The summed E-state index contributed by atoms with van der Waals surface area (Å²) >= 11 is 0. The summed E-state index contributed by atoms with van der Waals surface area (Å²) in [6.45, 7) is 11.1. The van der Waals surface area contributed by atoms with E-state index < -0.39 is 0 Å². The van der Waals surface area contributed by atoms with E-state index in [1.54, 1.807) is 0 Å². The third-order valence-electron chi connectivity index (χ3n) is 4.17. The van der Waals surface area contributed by atoms with Crippen molar-refractivity contribution in [3.8, 4) is 0 Å². The van der Waals surface area contributed by atoms with E-state index >= 15 is 0 Å². The molecule has 1 aliphatic rings. The molecule has 2 unspecified atom stereocenters. The first kappa shape index (κ1) is 13.3. The molecule has 2 atom stereocenters. The highest BCUT2D eigenvalue weighted by atomic mass is 15.3. The van der Waals surface area contributed by atoms with Crippen LogP contribution in [0.1, 0.15) is 39.2 Å². The van der Waals surface area contributed by atoms with E-state index in [2.05, 4.69) is 49.0 Å². The fourth-order valence-corrected chi connectivity index (χ4v) is 2.64. The Labute approximate surface area is 111 Å². The largest absolute Gasteiger partial charge is 0.364 e. The van der Waals surface area contributed by atoms with E-state index in [0.717, 1.165) is 19.5 Å². The van der Waals surface area contributed by atoms with Crippen LogP contribution in [0.3, 0.4) is 0 Å². The highest BCUT2D eigenvalue weighted by Gasteiger charge is 2.33. The Morgan fingerprint density at radius 2 is 2.22 bits per heavy atom. The molecule has 3 heteroatoms. The van der Waals surface area contributed by atoms with Crippen molar-refractivity contribution in [2.45, 2.75) is 52.1 Å². The van der Waals surface area contributed by atoms with Gasteiger partial charge in [0.1, 0.15) is 0 Å².